The van der Waals surface area contributed by atoms with Crippen LogP contribution in [0.15, 0.2) is 29.3 Å². The van der Waals surface area contributed by atoms with E-state index in [0.29, 0.717) is 5.56 Å². The normalized spacial score (nSPS) is 24.5. The van der Waals surface area contributed by atoms with Gasteiger partial charge in [-0.05, 0) is 24.6 Å². The van der Waals surface area contributed by atoms with Gasteiger partial charge in [-0.1, -0.05) is 12.1 Å². The van der Waals surface area contributed by atoms with Gasteiger partial charge in [-0.25, -0.2) is 4.99 Å². The summed E-state index contributed by atoms with van der Waals surface area (Å²) in [6, 6.07) is 5.18. The SMILES string of the molecule is CC1(c2cccc(C(F)(F)F)c2)COC=N1. The number of aliphatic imine (C=N–C) groups is 1. The van der Waals surface area contributed by atoms with Gasteiger partial charge in [0, 0.05) is 0 Å². The molecule has 1 aromatic carbocycles. The van der Waals surface area contributed by atoms with Gasteiger partial charge in [-0.15, -0.1) is 0 Å². The smallest absolute Gasteiger partial charge is 0.416 e. The number of rotatable bonds is 1. The van der Waals surface area contributed by atoms with Crippen molar-refractivity contribution in [3.8, 4) is 0 Å². The lowest BCUT2D eigenvalue weighted by atomic mass is 9.92. The molecule has 1 unspecified atom stereocenters. The third-order valence-corrected chi connectivity index (χ3v) is 2.59. The van der Waals surface area contributed by atoms with E-state index in [9.17, 15) is 13.2 Å². The second kappa shape index (κ2) is 3.50. The Morgan fingerprint density at radius 2 is 2.12 bits per heavy atom. The number of benzene rings is 1. The minimum atomic E-state index is -4.32. The molecule has 1 aliphatic heterocycles. The van der Waals surface area contributed by atoms with E-state index in [1.807, 2.05) is 0 Å². The van der Waals surface area contributed by atoms with Crippen LogP contribution in [0.3, 0.4) is 0 Å². The van der Waals surface area contributed by atoms with Crippen molar-refractivity contribution in [1.29, 1.82) is 0 Å². The van der Waals surface area contributed by atoms with Crippen molar-refractivity contribution >= 4 is 6.40 Å². The second-order valence-electron chi connectivity index (χ2n) is 3.90. The van der Waals surface area contributed by atoms with Crippen molar-refractivity contribution in [2.75, 3.05) is 6.61 Å². The second-order valence-corrected chi connectivity index (χ2v) is 3.90. The summed E-state index contributed by atoms with van der Waals surface area (Å²) in [5.41, 5.74) is -0.856. The minimum Gasteiger partial charge on any atom is -0.481 e. The maximum Gasteiger partial charge on any atom is 0.416 e. The van der Waals surface area contributed by atoms with E-state index in [1.54, 1.807) is 13.0 Å². The largest absolute Gasteiger partial charge is 0.481 e. The highest BCUT2D eigenvalue weighted by molar-refractivity contribution is 5.52. The van der Waals surface area contributed by atoms with Crippen LogP contribution >= 0.6 is 0 Å². The minimum absolute atomic E-state index is 0.272. The number of hydrogen-bond acceptors (Lipinski definition) is 2. The topological polar surface area (TPSA) is 21.6 Å². The summed E-state index contributed by atoms with van der Waals surface area (Å²) in [5, 5.41) is 0. The van der Waals surface area contributed by atoms with Gasteiger partial charge in [-0.2, -0.15) is 13.2 Å². The van der Waals surface area contributed by atoms with E-state index in [0.717, 1.165) is 12.1 Å². The molecule has 1 heterocycles. The highest BCUT2D eigenvalue weighted by Crippen LogP contribution is 2.34. The third kappa shape index (κ3) is 1.89. The number of halogens is 3. The molecule has 2 nitrogen and oxygen atoms in total. The molecule has 0 saturated carbocycles. The van der Waals surface area contributed by atoms with Crippen molar-refractivity contribution in [2.45, 2.75) is 18.6 Å². The lowest BCUT2D eigenvalue weighted by Gasteiger charge is -2.20. The van der Waals surface area contributed by atoms with Gasteiger partial charge in [0.25, 0.3) is 0 Å². The van der Waals surface area contributed by atoms with E-state index >= 15 is 0 Å². The summed E-state index contributed by atoms with van der Waals surface area (Å²) in [4.78, 5) is 4.05. The Bertz CT molecular complexity index is 427. The highest BCUT2D eigenvalue weighted by Gasteiger charge is 2.34. The van der Waals surface area contributed by atoms with Crippen LogP contribution in [0.2, 0.25) is 0 Å². The molecule has 16 heavy (non-hydrogen) atoms. The lowest BCUT2D eigenvalue weighted by Crippen LogP contribution is -2.21. The van der Waals surface area contributed by atoms with Crippen LogP contribution in [0.5, 0.6) is 0 Å². The fourth-order valence-electron chi connectivity index (χ4n) is 1.58. The molecular weight excluding hydrogens is 219 g/mol. The Labute approximate surface area is 90.8 Å². The molecule has 0 saturated heterocycles. The van der Waals surface area contributed by atoms with E-state index in [2.05, 4.69) is 4.99 Å². The molecule has 0 fully saturated rings. The molecule has 0 bridgehead atoms. The first-order valence-electron chi connectivity index (χ1n) is 4.75. The zero-order valence-electron chi connectivity index (χ0n) is 8.58. The standard InChI is InChI=1S/C11H10F3NO/c1-10(6-16-7-15-10)8-3-2-4-9(5-8)11(12,13)14/h2-5,7H,6H2,1H3. The lowest BCUT2D eigenvalue weighted by molar-refractivity contribution is -0.137. The molecule has 0 aromatic heterocycles. The molecule has 1 aromatic rings. The monoisotopic (exact) mass is 229 g/mol. The number of nitrogens with zero attached hydrogens (tertiary/aromatic N) is 1. The van der Waals surface area contributed by atoms with Crippen molar-refractivity contribution < 1.29 is 17.9 Å². The van der Waals surface area contributed by atoms with Gasteiger partial charge in [0.15, 0.2) is 6.40 Å². The van der Waals surface area contributed by atoms with Crippen LogP contribution in [-0.4, -0.2) is 13.0 Å². The van der Waals surface area contributed by atoms with Crippen LogP contribution < -0.4 is 0 Å². The summed E-state index contributed by atoms with van der Waals surface area (Å²) >= 11 is 0. The van der Waals surface area contributed by atoms with Crippen molar-refractivity contribution in [3.05, 3.63) is 35.4 Å². The van der Waals surface area contributed by atoms with Crippen LogP contribution in [0, 0.1) is 0 Å². The zero-order valence-corrected chi connectivity index (χ0v) is 8.58. The predicted octanol–water partition coefficient (Wildman–Crippen LogP) is 2.98. The first kappa shape index (κ1) is 11.0. The van der Waals surface area contributed by atoms with E-state index in [4.69, 9.17) is 4.74 Å². The molecule has 0 N–H and O–H groups in total. The summed E-state index contributed by atoms with van der Waals surface area (Å²) < 4.78 is 42.5. The molecule has 0 amide bonds. The van der Waals surface area contributed by atoms with E-state index in [1.165, 1.54) is 12.5 Å². The molecular formula is C11H10F3NO. The van der Waals surface area contributed by atoms with Crippen LogP contribution in [-0.2, 0) is 16.5 Å². The average molecular weight is 229 g/mol. The number of ether oxygens (including phenoxy) is 1. The third-order valence-electron chi connectivity index (χ3n) is 2.59. The first-order valence-corrected chi connectivity index (χ1v) is 4.75. The van der Waals surface area contributed by atoms with Crippen LogP contribution in [0.1, 0.15) is 18.1 Å². The van der Waals surface area contributed by atoms with E-state index < -0.39 is 17.3 Å². The van der Waals surface area contributed by atoms with Gasteiger partial charge in [0.05, 0.1) is 5.56 Å². The fourth-order valence-corrected chi connectivity index (χ4v) is 1.58. The van der Waals surface area contributed by atoms with Gasteiger partial charge >= 0.3 is 6.18 Å². The van der Waals surface area contributed by atoms with Crippen LogP contribution in [0.4, 0.5) is 13.2 Å². The summed E-state index contributed by atoms with van der Waals surface area (Å²) in [6.07, 6.45) is -3.05. The van der Waals surface area contributed by atoms with Crippen molar-refractivity contribution in [2.24, 2.45) is 4.99 Å². The maximum atomic E-state index is 12.5. The Balaban J connectivity index is 2.40. The summed E-state index contributed by atoms with van der Waals surface area (Å²) in [6.45, 7) is 2.01. The molecule has 0 aliphatic carbocycles. The van der Waals surface area contributed by atoms with Gasteiger partial charge in [0.1, 0.15) is 12.1 Å². The zero-order chi connectivity index (χ0) is 11.8. The predicted molar refractivity (Wildman–Crippen MR) is 53.2 cm³/mol. The first-order chi connectivity index (χ1) is 7.42. The molecule has 1 atom stereocenters. The number of hydrogen-bond donors (Lipinski definition) is 0. The quantitative estimate of drug-likeness (QED) is 0.725. The van der Waals surface area contributed by atoms with Crippen molar-refractivity contribution in [1.82, 2.24) is 0 Å². The van der Waals surface area contributed by atoms with Crippen molar-refractivity contribution in [3.63, 3.8) is 0 Å². The molecule has 1 aliphatic rings. The van der Waals surface area contributed by atoms with E-state index in [-0.39, 0.29) is 6.61 Å². The average Bonchev–Trinajstić information content (AvgIpc) is 2.66. The number of alkyl halides is 3. The molecule has 5 heteroatoms. The molecule has 86 valence electrons. The fraction of sp³-hybridized carbons (Fsp3) is 0.364. The van der Waals surface area contributed by atoms with Crippen LogP contribution in [0.25, 0.3) is 0 Å². The Kier molecular flexibility index (Phi) is 2.40. The molecule has 0 radical (unpaired) electrons. The summed E-state index contributed by atoms with van der Waals surface area (Å²) in [5.74, 6) is 0. The van der Waals surface area contributed by atoms with Gasteiger partial charge < -0.3 is 4.74 Å². The molecule has 2 rings (SSSR count). The van der Waals surface area contributed by atoms with Gasteiger partial charge in [0.2, 0.25) is 0 Å². The molecule has 0 spiro atoms. The van der Waals surface area contributed by atoms with Gasteiger partial charge in [-0.3, -0.25) is 0 Å². The Morgan fingerprint density at radius 1 is 1.38 bits per heavy atom. The highest BCUT2D eigenvalue weighted by atomic mass is 19.4. The summed E-state index contributed by atoms with van der Waals surface area (Å²) in [7, 11) is 0. The Hall–Kier alpha value is -1.52. The maximum absolute atomic E-state index is 12.5. The Morgan fingerprint density at radius 3 is 2.69 bits per heavy atom.